The summed E-state index contributed by atoms with van der Waals surface area (Å²) in [6.45, 7) is 3.34. The molecule has 0 aliphatic rings. The molecule has 0 spiro atoms. The Morgan fingerprint density at radius 2 is 1.40 bits per heavy atom. The van der Waals surface area contributed by atoms with Gasteiger partial charge < -0.3 is 31.7 Å². The molecule has 0 heterocycles. The number of rotatable bonds is 11. The molecule has 0 aromatic rings. The van der Waals surface area contributed by atoms with E-state index in [1.807, 2.05) is 5.32 Å². The number of carboxylic acids is 3. The molecule has 142 valence electrons. The van der Waals surface area contributed by atoms with Crippen LogP contribution < -0.4 is 16.4 Å². The zero-order valence-electron chi connectivity index (χ0n) is 13.9. The maximum atomic E-state index is 12.2. The van der Waals surface area contributed by atoms with E-state index in [1.54, 1.807) is 13.8 Å². The molecule has 0 aliphatic carbocycles. The molecule has 0 saturated heterocycles. The van der Waals surface area contributed by atoms with Crippen LogP contribution in [0.2, 0.25) is 0 Å². The highest BCUT2D eigenvalue weighted by molar-refractivity contribution is 5.93. The average molecular weight is 361 g/mol. The predicted octanol–water partition coefficient (Wildman–Crippen LogP) is -1.64. The molecule has 7 N–H and O–H groups in total. The Bertz CT molecular complexity index is 534. The molecular weight excluding hydrogens is 338 g/mol. The van der Waals surface area contributed by atoms with Crippen molar-refractivity contribution in [3.05, 3.63) is 0 Å². The number of aliphatic carboxylic acids is 3. The van der Waals surface area contributed by atoms with Crippen LogP contribution in [-0.2, 0) is 24.0 Å². The van der Waals surface area contributed by atoms with Crippen LogP contribution in [0.25, 0.3) is 0 Å². The van der Waals surface area contributed by atoms with Gasteiger partial charge in [0, 0.05) is 6.42 Å². The fraction of sp³-hybridized carbons (Fsp3) is 0.643. The number of amides is 2. The van der Waals surface area contributed by atoms with Gasteiger partial charge in [-0.05, 0) is 12.3 Å². The van der Waals surface area contributed by atoms with Gasteiger partial charge in [-0.3, -0.25) is 19.2 Å². The number of hydrogen-bond acceptors (Lipinski definition) is 6. The highest BCUT2D eigenvalue weighted by Gasteiger charge is 2.30. The summed E-state index contributed by atoms with van der Waals surface area (Å²) in [7, 11) is 0. The summed E-state index contributed by atoms with van der Waals surface area (Å²) in [6, 6.07) is -4.02. The second-order valence-corrected chi connectivity index (χ2v) is 5.76. The van der Waals surface area contributed by atoms with E-state index in [0.717, 1.165) is 0 Å². The fourth-order valence-electron chi connectivity index (χ4n) is 1.75. The first kappa shape index (κ1) is 22.3. The second-order valence-electron chi connectivity index (χ2n) is 5.76. The van der Waals surface area contributed by atoms with Gasteiger partial charge >= 0.3 is 17.9 Å². The molecule has 25 heavy (non-hydrogen) atoms. The summed E-state index contributed by atoms with van der Waals surface area (Å²) in [6.07, 6.45) is -1.64. The largest absolute Gasteiger partial charge is 0.481 e. The average Bonchev–Trinajstić information content (AvgIpc) is 2.48. The van der Waals surface area contributed by atoms with Crippen LogP contribution >= 0.6 is 0 Å². The Kier molecular flexibility index (Phi) is 9.13. The number of nitrogens with two attached hydrogens (primary N) is 1. The highest BCUT2D eigenvalue weighted by atomic mass is 16.4. The molecule has 2 amide bonds. The van der Waals surface area contributed by atoms with Crippen LogP contribution in [0.3, 0.4) is 0 Å². The maximum Gasteiger partial charge on any atom is 0.326 e. The Hall–Kier alpha value is -2.69. The van der Waals surface area contributed by atoms with Crippen molar-refractivity contribution in [1.29, 1.82) is 0 Å². The second kappa shape index (κ2) is 10.2. The first-order valence-corrected chi connectivity index (χ1v) is 7.48. The molecule has 0 bridgehead atoms. The lowest BCUT2D eigenvalue weighted by Gasteiger charge is -2.23. The molecule has 11 heteroatoms. The maximum absolute atomic E-state index is 12.2. The van der Waals surface area contributed by atoms with Crippen molar-refractivity contribution in [3.63, 3.8) is 0 Å². The van der Waals surface area contributed by atoms with Crippen molar-refractivity contribution in [2.24, 2.45) is 11.7 Å². The smallest absolute Gasteiger partial charge is 0.326 e. The topological polar surface area (TPSA) is 196 Å². The SMILES string of the molecule is CC(C)[C@H](N)C(=O)N[C@@H](CCC(=O)O)C(=O)N[C@@H](CC(=O)O)C(=O)O. The quantitative estimate of drug-likeness (QED) is 0.250. The van der Waals surface area contributed by atoms with Gasteiger partial charge in [-0.15, -0.1) is 0 Å². The first-order valence-electron chi connectivity index (χ1n) is 7.48. The van der Waals surface area contributed by atoms with Crippen LogP contribution in [0.1, 0.15) is 33.1 Å². The zero-order chi connectivity index (χ0) is 19.7. The molecule has 3 atom stereocenters. The van der Waals surface area contributed by atoms with Crippen LogP contribution in [0.4, 0.5) is 0 Å². The molecule has 0 aromatic carbocycles. The van der Waals surface area contributed by atoms with Gasteiger partial charge in [0.2, 0.25) is 11.8 Å². The first-order chi connectivity index (χ1) is 11.5. The Balaban J connectivity index is 5.13. The van der Waals surface area contributed by atoms with Gasteiger partial charge in [-0.1, -0.05) is 13.8 Å². The standard InChI is InChI=1S/C14H23N3O8/c1-6(2)11(15)13(23)16-7(3-4-9(18)19)12(22)17-8(14(24)25)5-10(20)21/h6-8,11H,3-5,15H2,1-2H3,(H,16,23)(H,17,22)(H,18,19)(H,20,21)(H,24,25)/t7-,8-,11-/m0/s1. The van der Waals surface area contributed by atoms with Gasteiger partial charge in [0.15, 0.2) is 0 Å². The van der Waals surface area contributed by atoms with E-state index in [2.05, 4.69) is 5.32 Å². The van der Waals surface area contributed by atoms with Gasteiger partial charge in [-0.25, -0.2) is 4.79 Å². The summed E-state index contributed by atoms with van der Waals surface area (Å²) >= 11 is 0. The zero-order valence-corrected chi connectivity index (χ0v) is 13.9. The van der Waals surface area contributed by atoms with Gasteiger partial charge in [0.25, 0.3) is 0 Å². The van der Waals surface area contributed by atoms with E-state index in [-0.39, 0.29) is 12.3 Å². The van der Waals surface area contributed by atoms with E-state index in [0.29, 0.717) is 0 Å². The van der Waals surface area contributed by atoms with Gasteiger partial charge in [0.05, 0.1) is 12.5 Å². The molecule has 0 aromatic heterocycles. The molecule has 0 aliphatic heterocycles. The van der Waals surface area contributed by atoms with E-state index in [9.17, 15) is 24.0 Å². The number of hydrogen-bond donors (Lipinski definition) is 6. The molecule has 0 fully saturated rings. The van der Waals surface area contributed by atoms with Crippen molar-refractivity contribution < 1.29 is 39.3 Å². The van der Waals surface area contributed by atoms with E-state index >= 15 is 0 Å². The number of nitrogens with one attached hydrogen (secondary N) is 2. The third-order valence-corrected chi connectivity index (χ3v) is 3.29. The third kappa shape index (κ3) is 8.65. The van der Waals surface area contributed by atoms with Crippen LogP contribution in [-0.4, -0.2) is 63.2 Å². The van der Waals surface area contributed by atoms with Crippen molar-refractivity contribution >= 4 is 29.7 Å². The summed E-state index contributed by atoms with van der Waals surface area (Å²) in [4.78, 5) is 56.5. The van der Waals surface area contributed by atoms with Gasteiger partial charge in [0.1, 0.15) is 12.1 Å². The number of carbonyl (C=O) groups excluding carboxylic acids is 2. The Morgan fingerprint density at radius 3 is 1.80 bits per heavy atom. The molecule has 0 saturated carbocycles. The fourth-order valence-corrected chi connectivity index (χ4v) is 1.75. The summed E-state index contributed by atoms with van der Waals surface area (Å²) in [5.41, 5.74) is 5.65. The van der Waals surface area contributed by atoms with Crippen molar-refractivity contribution in [3.8, 4) is 0 Å². The minimum absolute atomic E-state index is 0.248. The molecule has 0 rings (SSSR count). The Morgan fingerprint density at radius 1 is 0.880 bits per heavy atom. The molecule has 11 nitrogen and oxygen atoms in total. The van der Waals surface area contributed by atoms with E-state index < -0.39 is 60.7 Å². The summed E-state index contributed by atoms with van der Waals surface area (Å²) in [5, 5.41) is 30.6. The normalized spacial score (nSPS) is 14.2. The number of carboxylic acid groups (broad SMARTS) is 3. The lowest BCUT2D eigenvalue weighted by molar-refractivity contribution is -0.147. The summed E-state index contributed by atoms with van der Waals surface area (Å²) in [5.74, 6) is -6.19. The lowest BCUT2D eigenvalue weighted by Crippen LogP contribution is -2.55. The highest BCUT2D eigenvalue weighted by Crippen LogP contribution is 2.04. The van der Waals surface area contributed by atoms with E-state index in [1.165, 1.54) is 0 Å². The van der Waals surface area contributed by atoms with Gasteiger partial charge in [-0.2, -0.15) is 0 Å². The van der Waals surface area contributed by atoms with Crippen molar-refractivity contribution in [2.75, 3.05) is 0 Å². The molecule has 0 unspecified atom stereocenters. The predicted molar refractivity (Wildman–Crippen MR) is 83.4 cm³/mol. The van der Waals surface area contributed by atoms with Crippen LogP contribution in [0.15, 0.2) is 0 Å². The Labute approximate surface area is 143 Å². The summed E-state index contributed by atoms with van der Waals surface area (Å²) < 4.78 is 0. The van der Waals surface area contributed by atoms with Crippen LogP contribution in [0.5, 0.6) is 0 Å². The van der Waals surface area contributed by atoms with E-state index in [4.69, 9.17) is 21.1 Å². The van der Waals surface area contributed by atoms with Crippen molar-refractivity contribution in [2.45, 2.75) is 51.2 Å². The lowest BCUT2D eigenvalue weighted by atomic mass is 10.0. The minimum Gasteiger partial charge on any atom is -0.481 e. The molecule has 0 radical (unpaired) electrons. The minimum atomic E-state index is -1.71. The monoisotopic (exact) mass is 361 g/mol. The third-order valence-electron chi connectivity index (χ3n) is 3.29. The molecular formula is C14H23N3O8. The van der Waals surface area contributed by atoms with Crippen molar-refractivity contribution in [1.82, 2.24) is 10.6 Å². The van der Waals surface area contributed by atoms with Crippen LogP contribution in [0, 0.1) is 5.92 Å². The number of carbonyl (C=O) groups is 5.